The Morgan fingerprint density at radius 1 is 0.640 bits per heavy atom. The average Bonchev–Trinajstić information content (AvgIpc) is 3.73. The van der Waals surface area contributed by atoms with Gasteiger partial charge in [0.25, 0.3) is 0 Å². The number of phenolic OH excluding ortho intramolecular Hbond substituents is 1. The van der Waals surface area contributed by atoms with Crippen molar-refractivity contribution >= 4 is 54.4 Å². The molecule has 242 valence electrons. The molecule has 3 heterocycles. The van der Waals surface area contributed by atoms with Crippen molar-refractivity contribution in [2.75, 3.05) is 0 Å². The second kappa shape index (κ2) is 11.4. The minimum Gasteiger partial charge on any atom is -0.507 e. The maximum Gasteiger partial charge on any atom is 0.147 e. The van der Waals surface area contributed by atoms with Crippen LogP contribution in [0.1, 0.15) is 31.9 Å². The maximum atomic E-state index is 11.3. The van der Waals surface area contributed by atoms with E-state index in [1.807, 2.05) is 48.7 Å². The van der Waals surface area contributed by atoms with Crippen LogP contribution in [-0.4, -0.2) is 15.1 Å². The molecule has 0 radical (unpaired) electrons. The van der Waals surface area contributed by atoms with Gasteiger partial charge in [-0.05, 0) is 101 Å². The highest BCUT2D eigenvalue weighted by Gasteiger charge is 2.22. The predicted octanol–water partition coefficient (Wildman–Crippen LogP) is 12.7. The Kier molecular flexibility index (Phi) is 6.90. The van der Waals surface area contributed by atoms with E-state index in [0.717, 1.165) is 70.5 Å². The van der Waals surface area contributed by atoms with E-state index in [2.05, 4.69) is 100 Å². The third-order valence-electron chi connectivity index (χ3n) is 9.74. The molecule has 0 aliphatic rings. The number of fused-ring (bicyclic) bond motifs is 5. The van der Waals surface area contributed by atoms with Gasteiger partial charge >= 0.3 is 0 Å². The quantitative estimate of drug-likeness (QED) is 0.203. The summed E-state index contributed by atoms with van der Waals surface area (Å²) in [5.74, 6) is 0.167. The minimum absolute atomic E-state index is 0.0389. The predicted molar refractivity (Wildman–Crippen MR) is 209 cm³/mol. The molecule has 0 atom stereocenters. The van der Waals surface area contributed by atoms with Crippen LogP contribution in [-0.2, 0) is 5.41 Å². The Hall–Kier alpha value is -5.78. The number of para-hydroxylation sites is 2. The Morgan fingerprint density at radius 3 is 2.26 bits per heavy atom. The van der Waals surface area contributed by atoms with Crippen LogP contribution in [0.5, 0.6) is 5.75 Å². The number of phenols is 1. The monoisotopic (exact) mass is 666 g/mol. The summed E-state index contributed by atoms with van der Waals surface area (Å²) < 4.78 is 7.41. The number of hydrogen-bond acceptors (Lipinski definition) is 5. The highest BCUT2D eigenvalue weighted by atomic mass is 32.1. The average molecular weight is 667 g/mol. The Labute approximate surface area is 294 Å². The number of rotatable bonds is 4. The summed E-state index contributed by atoms with van der Waals surface area (Å²) in [5.41, 5.74) is 12.7. The number of aromatic hydroxyl groups is 1. The molecule has 9 aromatic rings. The molecule has 0 bridgehead atoms. The fourth-order valence-corrected chi connectivity index (χ4v) is 8.04. The number of furan rings is 1. The zero-order chi connectivity index (χ0) is 34.1. The second-order valence-electron chi connectivity index (χ2n) is 14.1. The standard InChI is InChI=1S/C45H34N2O2S/c1-26-19-20-46-41-35(26)24-31(45(2,3)4)25-36(41)29-21-28(27-11-6-5-7-12-27)22-30(23-29)44-47-42-34(14-10-16-39(42)50-44)40-37(48)18-17-33-32-13-8-9-15-38(32)49-43(33)40/h5-25,48H,1-4H3. The van der Waals surface area contributed by atoms with Crippen LogP contribution in [0.15, 0.2) is 132 Å². The lowest BCUT2D eigenvalue weighted by Crippen LogP contribution is -2.11. The van der Waals surface area contributed by atoms with E-state index in [1.54, 1.807) is 17.4 Å². The first-order chi connectivity index (χ1) is 24.2. The Morgan fingerprint density at radius 2 is 1.42 bits per heavy atom. The van der Waals surface area contributed by atoms with E-state index in [-0.39, 0.29) is 11.2 Å². The summed E-state index contributed by atoms with van der Waals surface area (Å²) >= 11 is 1.66. The number of hydrogen-bond donors (Lipinski definition) is 1. The van der Waals surface area contributed by atoms with E-state index in [4.69, 9.17) is 14.4 Å². The van der Waals surface area contributed by atoms with Gasteiger partial charge in [0.1, 0.15) is 21.9 Å². The second-order valence-corrected chi connectivity index (χ2v) is 15.1. The molecule has 0 unspecified atom stereocenters. The van der Waals surface area contributed by atoms with Gasteiger partial charge in [-0.15, -0.1) is 11.3 Å². The number of aromatic nitrogens is 2. The molecule has 50 heavy (non-hydrogen) atoms. The summed E-state index contributed by atoms with van der Waals surface area (Å²) in [5, 5.41) is 15.4. The van der Waals surface area contributed by atoms with Crippen molar-refractivity contribution in [3.05, 3.63) is 139 Å². The van der Waals surface area contributed by atoms with Gasteiger partial charge in [0, 0.05) is 39.0 Å². The van der Waals surface area contributed by atoms with Gasteiger partial charge in [-0.3, -0.25) is 4.98 Å². The van der Waals surface area contributed by atoms with Gasteiger partial charge in [-0.25, -0.2) is 4.98 Å². The highest BCUT2D eigenvalue weighted by molar-refractivity contribution is 7.21. The van der Waals surface area contributed by atoms with Crippen molar-refractivity contribution in [3.63, 3.8) is 0 Å². The molecule has 3 aromatic heterocycles. The molecule has 4 nitrogen and oxygen atoms in total. The first-order valence-electron chi connectivity index (χ1n) is 16.9. The molecule has 0 spiro atoms. The molecule has 5 heteroatoms. The van der Waals surface area contributed by atoms with E-state index >= 15 is 0 Å². The summed E-state index contributed by atoms with van der Waals surface area (Å²) in [6.07, 6.45) is 1.91. The zero-order valence-corrected chi connectivity index (χ0v) is 29.1. The molecule has 1 N–H and O–H groups in total. The summed E-state index contributed by atoms with van der Waals surface area (Å²) in [4.78, 5) is 10.2. The largest absolute Gasteiger partial charge is 0.507 e. The first kappa shape index (κ1) is 30.3. The number of benzene rings is 6. The summed E-state index contributed by atoms with van der Waals surface area (Å²) in [6, 6.07) is 41.8. The summed E-state index contributed by atoms with van der Waals surface area (Å²) in [6.45, 7) is 8.95. The van der Waals surface area contributed by atoms with Crippen molar-refractivity contribution in [1.29, 1.82) is 0 Å². The zero-order valence-electron chi connectivity index (χ0n) is 28.3. The Balaban J connectivity index is 1.28. The lowest BCUT2D eigenvalue weighted by Gasteiger charge is -2.22. The van der Waals surface area contributed by atoms with Gasteiger partial charge in [0.2, 0.25) is 0 Å². The summed E-state index contributed by atoms with van der Waals surface area (Å²) in [7, 11) is 0. The van der Waals surface area contributed by atoms with Crippen molar-refractivity contribution in [2.24, 2.45) is 0 Å². The minimum atomic E-state index is -0.0389. The smallest absolute Gasteiger partial charge is 0.147 e. The van der Waals surface area contributed by atoms with E-state index in [0.29, 0.717) is 11.1 Å². The molecule has 0 fully saturated rings. The van der Waals surface area contributed by atoms with Crippen LogP contribution >= 0.6 is 11.3 Å². The normalized spacial score (nSPS) is 12.1. The van der Waals surface area contributed by atoms with Crippen LogP contribution in [0.2, 0.25) is 0 Å². The topological polar surface area (TPSA) is 59.2 Å². The van der Waals surface area contributed by atoms with E-state index in [1.165, 1.54) is 16.5 Å². The van der Waals surface area contributed by atoms with Crippen molar-refractivity contribution in [2.45, 2.75) is 33.1 Å². The van der Waals surface area contributed by atoms with Crippen LogP contribution < -0.4 is 0 Å². The van der Waals surface area contributed by atoms with Crippen molar-refractivity contribution in [1.82, 2.24) is 9.97 Å². The SMILES string of the molecule is Cc1ccnc2c(-c3cc(-c4ccccc4)cc(-c4nc5c(-c6c(O)ccc7c6oc6ccccc67)cccc5s4)c3)cc(C(C)(C)C)cc12. The third-order valence-corrected chi connectivity index (χ3v) is 10.8. The van der Waals surface area contributed by atoms with Crippen molar-refractivity contribution < 1.29 is 9.52 Å². The molecule has 9 rings (SSSR count). The molecule has 0 saturated carbocycles. The van der Waals surface area contributed by atoms with Gasteiger partial charge in [0.05, 0.1) is 21.3 Å². The molecule has 0 amide bonds. The molecule has 0 saturated heterocycles. The van der Waals surface area contributed by atoms with Gasteiger partial charge in [0.15, 0.2) is 0 Å². The highest BCUT2D eigenvalue weighted by Crippen LogP contribution is 2.46. The van der Waals surface area contributed by atoms with E-state index < -0.39 is 0 Å². The number of thiazole rings is 1. The van der Waals surface area contributed by atoms with Crippen LogP contribution in [0, 0.1) is 6.92 Å². The van der Waals surface area contributed by atoms with Crippen molar-refractivity contribution in [3.8, 4) is 49.7 Å². The number of aryl methyl sites for hydroxylation is 1. The number of pyridine rings is 1. The van der Waals surface area contributed by atoms with Gasteiger partial charge < -0.3 is 9.52 Å². The molecular weight excluding hydrogens is 633 g/mol. The lowest BCUT2D eigenvalue weighted by molar-refractivity contribution is 0.477. The van der Waals surface area contributed by atoms with Crippen LogP contribution in [0.3, 0.4) is 0 Å². The lowest BCUT2D eigenvalue weighted by atomic mass is 9.83. The molecule has 0 aliphatic carbocycles. The fraction of sp³-hybridized carbons (Fsp3) is 0.111. The van der Waals surface area contributed by atoms with E-state index in [9.17, 15) is 5.11 Å². The fourth-order valence-electron chi connectivity index (χ4n) is 7.06. The number of nitrogens with zero attached hydrogens (tertiary/aromatic N) is 2. The Bertz CT molecular complexity index is 2770. The van der Waals surface area contributed by atoms with Gasteiger partial charge in [-0.2, -0.15) is 0 Å². The van der Waals surface area contributed by atoms with Crippen LogP contribution in [0.25, 0.3) is 87.0 Å². The molecule has 6 aromatic carbocycles. The molecular formula is C45H34N2O2S. The van der Waals surface area contributed by atoms with Gasteiger partial charge in [-0.1, -0.05) is 81.4 Å². The molecule has 0 aliphatic heterocycles. The van der Waals surface area contributed by atoms with Crippen LogP contribution in [0.4, 0.5) is 0 Å². The first-order valence-corrected chi connectivity index (χ1v) is 17.7. The maximum absolute atomic E-state index is 11.3. The third kappa shape index (κ3) is 4.96.